The molecule has 2 spiro atoms. The fraction of sp³-hybridized carbons (Fsp3) is 0.893. The van der Waals surface area contributed by atoms with Gasteiger partial charge in [0, 0.05) is 12.8 Å². The smallest absolute Gasteiger partial charge is 0.133 e. The van der Waals surface area contributed by atoms with E-state index in [0.29, 0.717) is 27.4 Å². The standard InChI is InChI=1S/C28H44O/c1-6-19(2)7-8-20(3)23-12-13-26(5)24-10-9-21-17-22(29)11-14-27(21)18-28(24,27)16-15-25(23,26)4/h20-21,23-24H,2,6-18H2,1,3-5H3. The predicted octanol–water partition coefficient (Wildman–Crippen LogP) is 7.74. The van der Waals surface area contributed by atoms with E-state index >= 15 is 0 Å². The van der Waals surface area contributed by atoms with Crippen molar-refractivity contribution in [3.63, 3.8) is 0 Å². The van der Waals surface area contributed by atoms with E-state index in [2.05, 4.69) is 34.3 Å². The molecule has 5 rings (SSSR count). The normalized spacial score (nSPS) is 51.4. The minimum Gasteiger partial charge on any atom is -0.300 e. The van der Waals surface area contributed by atoms with Crippen LogP contribution in [0.3, 0.4) is 0 Å². The molecular formula is C28H44O. The van der Waals surface area contributed by atoms with E-state index in [4.69, 9.17) is 0 Å². The van der Waals surface area contributed by atoms with Crippen molar-refractivity contribution in [2.75, 3.05) is 0 Å². The summed E-state index contributed by atoms with van der Waals surface area (Å²) in [6, 6.07) is 0. The molecule has 0 N–H and O–H groups in total. The monoisotopic (exact) mass is 396 g/mol. The molecule has 0 bridgehead atoms. The lowest BCUT2D eigenvalue weighted by Crippen LogP contribution is -2.54. The zero-order chi connectivity index (χ0) is 20.7. The Morgan fingerprint density at radius 1 is 1.07 bits per heavy atom. The fourth-order valence-corrected chi connectivity index (χ4v) is 10.2. The van der Waals surface area contributed by atoms with Crippen LogP contribution in [0.1, 0.15) is 111 Å². The molecule has 5 aliphatic rings. The minimum absolute atomic E-state index is 0.525. The summed E-state index contributed by atoms with van der Waals surface area (Å²) in [6.45, 7) is 14.5. The number of Topliss-reactive ketones (excluding diaryl/α,β-unsaturated/α-hetero) is 1. The molecule has 0 saturated heterocycles. The summed E-state index contributed by atoms with van der Waals surface area (Å²) in [4.78, 5) is 12.2. The molecule has 0 aromatic heterocycles. The zero-order valence-electron chi connectivity index (χ0n) is 19.6. The molecule has 5 saturated carbocycles. The summed E-state index contributed by atoms with van der Waals surface area (Å²) in [5, 5.41) is 0. The number of hydrogen-bond donors (Lipinski definition) is 0. The Balaban J connectivity index is 1.39. The summed E-state index contributed by atoms with van der Waals surface area (Å²) in [5.41, 5.74) is 3.70. The van der Waals surface area contributed by atoms with E-state index in [0.717, 1.165) is 42.9 Å². The number of ketones is 1. The molecule has 29 heavy (non-hydrogen) atoms. The van der Waals surface area contributed by atoms with Crippen molar-refractivity contribution in [1.29, 1.82) is 0 Å². The van der Waals surface area contributed by atoms with E-state index in [1.54, 1.807) is 0 Å². The minimum atomic E-state index is 0.525. The molecule has 1 nitrogen and oxygen atoms in total. The van der Waals surface area contributed by atoms with Crippen molar-refractivity contribution in [2.24, 2.45) is 45.3 Å². The third-order valence-corrected chi connectivity index (χ3v) is 12.2. The molecule has 0 aromatic rings. The number of fused-ring (bicyclic) bond motifs is 2. The first-order chi connectivity index (χ1) is 13.7. The second kappa shape index (κ2) is 6.46. The highest BCUT2D eigenvalue weighted by molar-refractivity contribution is 5.80. The van der Waals surface area contributed by atoms with Gasteiger partial charge in [0.15, 0.2) is 0 Å². The van der Waals surface area contributed by atoms with Crippen molar-refractivity contribution in [1.82, 2.24) is 0 Å². The van der Waals surface area contributed by atoms with Gasteiger partial charge >= 0.3 is 0 Å². The van der Waals surface area contributed by atoms with Crippen LogP contribution in [0, 0.1) is 45.3 Å². The van der Waals surface area contributed by atoms with Crippen LogP contribution in [0.4, 0.5) is 0 Å². The Morgan fingerprint density at radius 2 is 1.86 bits per heavy atom. The zero-order valence-corrected chi connectivity index (χ0v) is 19.6. The second-order valence-corrected chi connectivity index (χ2v) is 12.7. The van der Waals surface area contributed by atoms with Crippen molar-refractivity contribution in [3.8, 4) is 0 Å². The molecule has 8 unspecified atom stereocenters. The van der Waals surface area contributed by atoms with E-state index < -0.39 is 0 Å². The molecule has 162 valence electrons. The molecule has 0 aromatic carbocycles. The van der Waals surface area contributed by atoms with Gasteiger partial charge < -0.3 is 0 Å². The fourth-order valence-electron chi connectivity index (χ4n) is 10.2. The van der Waals surface area contributed by atoms with Crippen molar-refractivity contribution >= 4 is 5.78 Å². The number of allylic oxidation sites excluding steroid dienone is 1. The van der Waals surface area contributed by atoms with Crippen LogP contribution in [0.2, 0.25) is 0 Å². The molecule has 5 fully saturated rings. The summed E-state index contributed by atoms with van der Waals surface area (Å²) in [7, 11) is 0. The lowest BCUT2D eigenvalue weighted by Gasteiger charge is -2.61. The lowest BCUT2D eigenvalue weighted by molar-refractivity contribution is -0.139. The van der Waals surface area contributed by atoms with Crippen molar-refractivity contribution in [3.05, 3.63) is 12.2 Å². The molecule has 0 heterocycles. The lowest BCUT2D eigenvalue weighted by atomic mass is 9.43. The van der Waals surface area contributed by atoms with Gasteiger partial charge in [-0.2, -0.15) is 0 Å². The molecule has 5 aliphatic carbocycles. The van der Waals surface area contributed by atoms with Gasteiger partial charge in [-0.1, -0.05) is 39.8 Å². The Hall–Kier alpha value is -0.590. The Labute approximate surface area is 179 Å². The van der Waals surface area contributed by atoms with Crippen LogP contribution in [-0.4, -0.2) is 5.78 Å². The first-order valence-corrected chi connectivity index (χ1v) is 12.9. The molecule has 1 heteroatoms. The van der Waals surface area contributed by atoms with E-state index in [1.807, 2.05) is 0 Å². The van der Waals surface area contributed by atoms with Crippen LogP contribution in [0.5, 0.6) is 0 Å². The maximum atomic E-state index is 12.2. The Morgan fingerprint density at radius 3 is 2.62 bits per heavy atom. The number of carbonyl (C=O) groups is 1. The highest BCUT2D eigenvalue weighted by Gasteiger charge is 2.80. The summed E-state index contributed by atoms with van der Waals surface area (Å²) in [6.07, 6.45) is 16.8. The Bertz CT molecular complexity index is 722. The summed E-state index contributed by atoms with van der Waals surface area (Å²) < 4.78 is 0. The van der Waals surface area contributed by atoms with Gasteiger partial charge in [0.25, 0.3) is 0 Å². The van der Waals surface area contributed by atoms with Gasteiger partial charge in [-0.25, -0.2) is 0 Å². The van der Waals surface area contributed by atoms with Crippen LogP contribution in [0.25, 0.3) is 0 Å². The number of hydrogen-bond acceptors (Lipinski definition) is 1. The molecule has 0 radical (unpaired) electrons. The van der Waals surface area contributed by atoms with Crippen LogP contribution in [-0.2, 0) is 4.79 Å². The van der Waals surface area contributed by atoms with Gasteiger partial charge in [-0.05, 0) is 116 Å². The van der Waals surface area contributed by atoms with Gasteiger partial charge in [0.05, 0.1) is 0 Å². The maximum Gasteiger partial charge on any atom is 0.133 e. The number of carbonyl (C=O) groups excluding carboxylic acids is 1. The van der Waals surface area contributed by atoms with Crippen molar-refractivity contribution in [2.45, 2.75) is 111 Å². The second-order valence-electron chi connectivity index (χ2n) is 12.7. The molecule has 0 amide bonds. The van der Waals surface area contributed by atoms with Crippen LogP contribution in [0.15, 0.2) is 12.2 Å². The largest absolute Gasteiger partial charge is 0.300 e. The third-order valence-electron chi connectivity index (χ3n) is 12.2. The first-order valence-electron chi connectivity index (χ1n) is 12.9. The molecule has 0 aliphatic heterocycles. The average molecular weight is 397 g/mol. The summed E-state index contributed by atoms with van der Waals surface area (Å²) in [5.74, 6) is 3.97. The highest BCUT2D eigenvalue weighted by atomic mass is 16.1. The Kier molecular flexibility index (Phi) is 4.53. The van der Waals surface area contributed by atoms with Gasteiger partial charge in [-0.15, -0.1) is 0 Å². The highest BCUT2D eigenvalue weighted by Crippen LogP contribution is 2.87. The average Bonchev–Trinajstić information content (AvgIpc) is 3.28. The summed E-state index contributed by atoms with van der Waals surface area (Å²) >= 11 is 0. The van der Waals surface area contributed by atoms with Gasteiger partial charge in [-0.3, -0.25) is 4.79 Å². The molecule has 8 atom stereocenters. The van der Waals surface area contributed by atoms with Gasteiger partial charge in [0.1, 0.15) is 5.78 Å². The van der Waals surface area contributed by atoms with E-state index in [9.17, 15) is 4.79 Å². The maximum absolute atomic E-state index is 12.2. The quantitative estimate of drug-likeness (QED) is 0.434. The van der Waals surface area contributed by atoms with E-state index in [1.165, 1.54) is 69.8 Å². The number of rotatable bonds is 5. The van der Waals surface area contributed by atoms with Crippen LogP contribution < -0.4 is 0 Å². The third kappa shape index (κ3) is 2.48. The van der Waals surface area contributed by atoms with Gasteiger partial charge in [0.2, 0.25) is 0 Å². The SMILES string of the molecule is C=C(CC)CCC(C)C1CCC2(C)C3CCC4CC(=O)CCC45CC35CCC12C. The first kappa shape index (κ1) is 20.3. The van der Waals surface area contributed by atoms with Crippen LogP contribution >= 0.6 is 0 Å². The van der Waals surface area contributed by atoms with Crippen molar-refractivity contribution < 1.29 is 4.79 Å². The predicted molar refractivity (Wildman–Crippen MR) is 121 cm³/mol. The topological polar surface area (TPSA) is 17.1 Å². The molecular weight excluding hydrogens is 352 g/mol. The van der Waals surface area contributed by atoms with E-state index in [-0.39, 0.29) is 0 Å².